The zero-order chi connectivity index (χ0) is 16.7. The van der Waals surface area contributed by atoms with Gasteiger partial charge in [-0.3, -0.25) is 0 Å². The van der Waals surface area contributed by atoms with E-state index < -0.39 is 0 Å². The Labute approximate surface area is 149 Å². The van der Waals surface area contributed by atoms with Crippen LogP contribution in [0.1, 0.15) is 56.6 Å². The fourth-order valence-corrected chi connectivity index (χ4v) is 4.10. The van der Waals surface area contributed by atoms with Gasteiger partial charge in [-0.15, -0.1) is 6.58 Å². The van der Waals surface area contributed by atoms with E-state index in [0.717, 1.165) is 12.0 Å². The number of aliphatic hydroxyl groups excluding tert-OH is 1. The van der Waals surface area contributed by atoms with Crippen LogP contribution in [-0.2, 0) is 4.74 Å². The van der Waals surface area contributed by atoms with Crippen molar-refractivity contribution in [3.8, 4) is 0 Å². The van der Waals surface area contributed by atoms with E-state index in [4.69, 9.17) is 27.9 Å². The molecule has 1 aliphatic rings. The Balaban J connectivity index is 2.19. The highest BCUT2D eigenvalue weighted by Gasteiger charge is 2.28. The summed E-state index contributed by atoms with van der Waals surface area (Å²) in [6.45, 7) is 3.91. The number of hydrogen-bond donors (Lipinski definition) is 1. The highest BCUT2D eigenvalue weighted by Crippen LogP contribution is 2.38. The summed E-state index contributed by atoms with van der Waals surface area (Å²) in [6.07, 6.45) is 9.28. The molecule has 0 saturated heterocycles. The van der Waals surface area contributed by atoms with E-state index in [2.05, 4.69) is 6.58 Å². The fourth-order valence-electron chi connectivity index (χ4n) is 3.46. The Bertz CT molecular complexity index is 478. The van der Waals surface area contributed by atoms with Crippen molar-refractivity contribution in [1.29, 1.82) is 0 Å². The summed E-state index contributed by atoms with van der Waals surface area (Å²) in [5, 5.41) is 10.6. The van der Waals surface area contributed by atoms with Crippen molar-refractivity contribution >= 4 is 23.2 Å². The highest BCUT2D eigenvalue weighted by molar-refractivity contribution is 6.36. The second-order valence-corrected chi connectivity index (χ2v) is 7.05. The van der Waals surface area contributed by atoms with Gasteiger partial charge in [-0.25, -0.2) is 0 Å². The number of ether oxygens (including phenoxy) is 1. The molecule has 1 fully saturated rings. The highest BCUT2D eigenvalue weighted by atomic mass is 35.5. The first kappa shape index (κ1) is 18.8. The second-order valence-electron chi connectivity index (χ2n) is 6.23. The molecule has 0 spiro atoms. The van der Waals surface area contributed by atoms with Crippen LogP contribution in [0.5, 0.6) is 0 Å². The predicted molar refractivity (Wildman–Crippen MR) is 97.2 cm³/mol. The molecule has 0 heterocycles. The number of rotatable bonds is 8. The average molecular weight is 357 g/mol. The number of aliphatic hydroxyl groups is 1. The number of benzene rings is 1. The first-order valence-corrected chi connectivity index (χ1v) is 9.24. The van der Waals surface area contributed by atoms with Gasteiger partial charge in [0.25, 0.3) is 0 Å². The molecule has 1 aromatic rings. The fraction of sp³-hybridized carbons (Fsp3) is 0.579. The van der Waals surface area contributed by atoms with Crippen molar-refractivity contribution < 1.29 is 9.84 Å². The van der Waals surface area contributed by atoms with E-state index in [-0.39, 0.29) is 18.8 Å². The molecular weight excluding hydrogens is 331 g/mol. The third-order valence-electron chi connectivity index (χ3n) is 4.63. The minimum atomic E-state index is -0.284. The molecule has 2 nitrogen and oxygen atoms in total. The molecule has 128 valence electrons. The molecule has 0 bridgehead atoms. The molecule has 0 aromatic heterocycles. The zero-order valence-corrected chi connectivity index (χ0v) is 15.0. The van der Waals surface area contributed by atoms with Crippen molar-refractivity contribution in [1.82, 2.24) is 0 Å². The van der Waals surface area contributed by atoms with Crippen molar-refractivity contribution in [3.63, 3.8) is 0 Å². The van der Waals surface area contributed by atoms with Crippen molar-refractivity contribution in [2.45, 2.75) is 57.2 Å². The normalized spacial score (nSPS) is 18.6. The van der Waals surface area contributed by atoms with Gasteiger partial charge in [0.2, 0.25) is 0 Å². The van der Waals surface area contributed by atoms with Gasteiger partial charge < -0.3 is 9.84 Å². The van der Waals surface area contributed by atoms with Gasteiger partial charge in [0, 0.05) is 28.6 Å². The Kier molecular flexibility index (Phi) is 7.91. The largest absolute Gasteiger partial charge is 0.396 e. The van der Waals surface area contributed by atoms with Crippen LogP contribution in [0.4, 0.5) is 0 Å². The van der Waals surface area contributed by atoms with E-state index in [1.54, 1.807) is 0 Å². The summed E-state index contributed by atoms with van der Waals surface area (Å²) in [5.74, 6) is 0.546. The van der Waals surface area contributed by atoms with E-state index in [0.29, 0.717) is 22.4 Å². The first-order chi connectivity index (χ1) is 11.2. The number of hydrogen-bond acceptors (Lipinski definition) is 2. The zero-order valence-electron chi connectivity index (χ0n) is 13.5. The van der Waals surface area contributed by atoms with Crippen molar-refractivity contribution in [2.24, 2.45) is 5.92 Å². The summed E-state index contributed by atoms with van der Waals surface area (Å²) >= 11 is 12.7. The Morgan fingerprint density at radius 3 is 2.43 bits per heavy atom. The van der Waals surface area contributed by atoms with Crippen LogP contribution in [0.25, 0.3) is 0 Å². The molecule has 0 amide bonds. The minimum absolute atomic E-state index is 0.0394. The van der Waals surface area contributed by atoms with Crippen LogP contribution in [0, 0.1) is 5.92 Å². The number of halogens is 2. The maximum Gasteiger partial charge on any atom is 0.0879 e. The smallest absolute Gasteiger partial charge is 0.0879 e. The minimum Gasteiger partial charge on any atom is -0.396 e. The van der Waals surface area contributed by atoms with E-state index >= 15 is 0 Å². The lowest BCUT2D eigenvalue weighted by Crippen LogP contribution is -2.28. The van der Waals surface area contributed by atoms with Gasteiger partial charge in [0.15, 0.2) is 0 Å². The van der Waals surface area contributed by atoms with Crippen LogP contribution in [0.15, 0.2) is 30.9 Å². The summed E-state index contributed by atoms with van der Waals surface area (Å²) in [7, 11) is 0. The van der Waals surface area contributed by atoms with Crippen LogP contribution in [0.3, 0.4) is 0 Å². The molecule has 2 rings (SSSR count). The molecule has 23 heavy (non-hydrogen) atoms. The van der Waals surface area contributed by atoms with Gasteiger partial charge in [0.1, 0.15) is 0 Å². The second kappa shape index (κ2) is 9.68. The molecule has 0 radical (unpaired) electrons. The summed E-state index contributed by atoms with van der Waals surface area (Å²) in [6, 6.07) is 5.46. The van der Waals surface area contributed by atoms with E-state index in [9.17, 15) is 5.11 Å². The van der Waals surface area contributed by atoms with Gasteiger partial charge in [0.05, 0.1) is 12.2 Å². The van der Waals surface area contributed by atoms with Crippen molar-refractivity contribution in [2.75, 3.05) is 6.61 Å². The Morgan fingerprint density at radius 1 is 1.22 bits per heavy atom. The summed E-state index contributed by atoms with van der Waals surface area (Å²) in [5.41, 5.74) is 0.787. The van der Waals surface area contributed by atoms with Crippen LogP contribution in [0.2, 0.25) is 10.0 Å². The molecule has 0 aliphatic heterocycles. The van der Waals surface area contributed by atoms with Gasteiger partial charge in [-0.1, -0.05) is 54.6 Å². The van der Waals surface area contributed by atoms with E-state index in [1.165, 1.54) is 32.1 Å². The molecule has 1 N–H and O–H groups in total. The average Bonchev–Trinajstić information content (AvgIpc) is 2.55. The standard InChI is InChI=1S/C19H26Cl2O2/c1-2-7-17(14-8-4-3-5-9-14)23-18(12-13-22)19-15(20)10-6-11-16(19)21/h2,6,10-11,14,17-18,22H,1,3-5,7-9,12-13H2/t17-,18-/m0/s1. The van der Waals surface area contributed by atoms with Crippen molar-refractivity contribution in [3.05, 3.63) is 46.5 Å². The Morgan fingerprint density at radius 2 is 1.87 bits per heavy atom. The maximum absolute atomic E-state index is 9.45. The third-order valence-corrected chi connectivity index (χ3v) is 5.29. The molecule has 2 atom stereocenters. The van der Waals surface area contributed by atoms with Crippen LogP contribution in [-0.4, -0.2) is 17.8 Å². The lowest BCUT2D eigenvalue weighted by Gasteiger charge is -2.33. The van der Waals surface area contributed by atoms with Crippen LogP contribution >= 0.6 is 23.2 Å². The maximum atomic E-state index is 9.45. The SMILES string of the molecule is C=CC[C@H](O[C@@H](CCO)c1c(Cl)cccc1Cl)C1CCCCC1. The summed E-state index contributed by atoms with van der Waals surface area (Å²) < 4.78 is 6.42. The molecular formula is C19H26Cl2O2. The molecule has 4 heteroatoms. The molecule has 1 aliphatic carbocycles. The first-order valence-electron chi connectivity index (χ1n) is 8.48. The quantitative estimate of drug-likeness (QED) is 0.582. The topological polar surface area (TPSA) is 29.5 Å². The summed E-state index contributed by atoms with van der Waals surface area (Å²) in [4.78, 5) is 0. The monoisotopic (exact) mass is 356 g/mol. The van der Waals surface area contributed by atoms with Gasteiger partial charge in [-0.05, 0) is 37.3 Å². The van der Waals surface area contributed by atoms with Crippen LogP contribution < -0.4 is 0 Å². The van der Waals surface area contributed by atoms with Gasteiger partial charge in [-0.2, -0.15) is 0 Å². The molecule has 1 aromatic carbocycles. The lowest BCUT2D eigenvalue weighted by atomic mass is 9.84. The molecule has 0 unspecified atom stereocenters. The third kappa shape index (κ3) is 5.22. The lowest BCUT2D eigenvalue weighted by molar-refractivity contribution is -0.0589. The van der Waals surface area contributed by atoms with E-state index in [1.807, 2.05) is 24.3 Å². The van der Waals surface area contributed by atoms with Gasteiger partial charge >= 0.3 is 0 Å². The Hall–Kier alpha value is -0.540. The predicted octanol–water partition coefficient (Wildman–Crippen LogP) is 5.96. The molecule has 1 saturated carbocycles.